The number of nitrogens with zero attached hydrogens (tertiary/aromatic N) is 4. The van der Waals surface area contributed by atoms with E-state index in [1.807, 2.05) is 31.4 Å². The van der Waals surface area contributed by atoms with Crippen LogP contribution in [0.4, 0.5) is 0 Å². The first kappa shape index (κ1) is 11.2. The Hall–Kier alpha value is -2.33. The fourth-order valence-electron chi connectivity index (χ4n) is 1.77. The minimum absolute atomic E-state index is 0.144. The van der Waals surface area contributed by atoms with Crippen LogP contribution in [0.2, 0.25) is 0 Å². The predicted octanol–water partition coefficient (Wildman–Crippen LogP) is 2.53. The number of rotatable bonds is 0. The van der Waals surface area contributed by atoms with Gasteiger partial charge in [0.1, 0.15) is 17.8 Å². The first-order valence-electron chi connectivity index (χ1n) is 5.29. The van der Waals surface area contributed by atoms with Crippen molar-refractivity contribution in [3.63, 3.8) is 0 Å². The summed E-state index contributed by atoms with van der Waals surface area (Å²) >= 11 is 0. The fourth-order valence-corrected chi connectivity index (χ4v) is 1.77. The summed E-state index contributed by atoms with van der Waals surface area (Å²) in [4.78, 5) is 4.28. The van der Waals surface area contributed by atoms with Crippen LogP contribution in [-0.2, 0) is 5.54 Å². The van der Waals surface area contributed by atoms with Gasteiger partial charge in [-0.1, -0.05) is 0 Å². The van der Waals surface area contributed by atoms with Crippen molar-refractivity contribution in [2.24, 2.45) is 0 Å². The highest BCUT2D eigenvalue weighted by Gasteiger charge is 2.19. The second-order valence-corrected chi connectivity index (χ2v) is 4.90. The van der Waals surface area contributed by atoms with Crippen LogP contribution >= 0.6 is 0 Å². The molecule has 0 N–H and O–H groups in total. The number of aromatic nitrogens is 2. The van der Waals surface area contributed by atoms with E-state index in [0.717, 1.165) is 11.0 Å². The van der Waals surface area contributed by atoms with Crippen molar-refractivity contribution in [3.8, 4) is 12.1 Å². The van der Waals surface area contributed by atoms with E-state index < -0.39 is 0 Å². The molecule has 2 heterocycles. The second-order valence-electron chi connectivity index (χ2n) is 4.90. The molecule has 2 aromatic heterocycles. The summed E-state index contributed by atoms with van der Waals surface area (Å²) in [7, 11) is 0. The van der Waals surface area contributed by atoms with Gasteiger partial charge in [0.2, 0.25) is 0 Å². The summed E-state index contributed by atoms with van der Waals surface area (Å²) in [5.41, 5.74) is 1.63. The van der Waals surface area contributed by atoms with E-state index in [1.165, 1.54) is 6.20 Å². The van der Waals surface area contributed by atoms with Gasteiger partial charge in [-0.2, -0.15) is 10.5 Å². The lowest BCUT2D eigenvalue weighted by atomic mass is 10.1. The van der Waals surface area contributed by atoms with Gasteiger partial charge in [-0.25, -0.2) is 4.98 Å². The van der Waals surface area contributed by atoms with E-state index in [2.05, 4.69) is 11.1 Å². The molecule has 2 aromatic rings. The van der Waals surface area contributed by atoms with E-state index >= 15 is 0 Å². The molecule has 84 valence electrons. The predicted molar refractivity (Wildman–Crippen MR) is 64.2 cm³/mol. The van der Waals surface area contributed by atoms with E-state index in [-0.39, 0.29) is 5.54 Å². The second kappa shape index (κ2) is 3.61. The zero-order valence-electron chi connectivity index (χ0n) is 10.0. The monoisotopic (exact) mass is 224 g/mol. The van der Waals surface area contributed by atoms with Crippen LogP contribution in [0.5, 0.6) is 0 Å². The molecule has 0 spiro atoms. The Kier molecular flexibility index (Phi) is 2.37. The van der Waals surface area contributed by atoms with Crippen molar-refractivity contribution < 1.29 is 0 Å². The van der Waals surface area contributed by atoms with E-state index in [1.54, 1.807) is 12.3 Å². The number of nitriles is 2. The summed E-state index contributed by atoms with van der Waals surface area (Å²) in [6.07, 6.45) is 3.32. The normalized spacial score (nSPS) is 11.1. The molecule has 0 aliphatic carbocycles. The molecule has 0 fully saturated rings. The molecule has 17 heavy (non-hydrogen) atoms. The minimum Gasteiger partial charge on any atom is -0.326 e. The lowest BCUT2D eigenvalue weighted by Gasteiger charge is -2.21. The van der Waals surface area contributed by atoms with Gasteiger partial charge in [0.25, 0.3) is 0 Å². The Morgan fingerprint density at radius 3 is 2.47 bits per heavy atom. The number of pyridine rings is 1. The van der Waals surface area contributed by atoms with Gasteiger partial charge in [0.05, 0.1) is 11.1 Å². The Balaban J connectivity index is 2.85. The van der Waals surface area contributed by atoms with E-state index in [0.29, 0.717) is 11.1 Å². The molecule has 0 bridgehead atoms. The first-order chi connectivity index (χ1) is 7.97. The van der Waals surface area contributed by atoms with Crippen molar-refractivity contribution in [2.75, 3.05) is 0 Å². The molecule has 2 rings (SSSR count). The van der Waals surface area contributed by atoms with Crippen molar-refractivity contribution in [1.29, 1.82) is 10.5 Å². The Morgan fingerprint density at radius 1 is 1.24 bits per heavy atom. The number of hydrogen-bond donors (Lipinski definition) is 0. The summed E-state index contributed by atoms with van der Waals surface area (Å²) in [6, 6.07) is 5.89. The maximum Gasteiger partial charge on any atom is 0.141 e. The van der Waals surface area contributed by atoms with Crippen LogP contribution in [0.3, 0.4) is 0 Å². The third kappa shape index (κ3) is 1.74. The summed E-state index contributed by atoms with van der Waals surface area (Å²) in [6.45, 7) is 6.15. The molecule has 0 unspecified atom stereocenters. The molecular weight excluding hydrogens is 212 g/mol. The van der Waals surface area contributed by atoms with Crippen molar-refractivity contribution in [1.82, 2.24) is 9.55 Å². The van der Waals surface area contributed by atoms with Crippen LogP contribution in [0.1, 0.15) is 31.9 Å². The van der Waals surface area contributed by atoms with Gasteiger partial charge in [-0.15, -0.1) is 0 Å². The zero-order chi connectivity index (χ0) is 12.6. The maximum absolute atomic E-state index is 9.10. The van der Waals surface area contributed by atoms with Crippen molar-refractivity contribution >= 4 is 11.0 Å². The summed E-state index contributed by atoms with van der Waals surface area (Å²) in [5.74, 6) is 0. The van der Waals surface area contributed by atoms with Crippen molar-refractivity contribution in [3.05, 3.63) is 29.6 Å². The average molecular weight is 224 g/mol. The van der Waals surface area contributed by atoms with Crippen LogP contribution < -0.4 is 0 Å². The smallest absolute Gasteiger partial charge is 0.141 e. The minimum atomic E-state index is -0.144. The van der Waals surface area contributed by atoms with Gasteiger partial charge in [0, 0.05) is 23.3 Å². The molecule has 0 aliphatic rings. The number of fused-ring (bicyclic) bond motifs is 1. The first-order valence-corrected chi connectivity index (χ1v) is 5.29. The lowest BCUT2D eigenvalue weighted by molar-refractivity contribution is 0.408. The Labute approximate surface area is 99.7 Å². The highest BCUT2D eigenvalue weighted by molar-refractivity contribution is 5.84. The van der Waals surface area contributed by atoms with Crippen LogP contribution in [-0.4, -0.2) is 9.55 Å². The number of hydrogen-bond acceptors (Lipinski definition) is 3. The van der Waals surface area contributed by atoms with Gasteiger partial charge < -0.3 is 4.57 Å². The molecule has 0 radical (unpaired) electrons. The Bertz CT molecular complexity index is 660. The molecule has 0 aromatic carbocycles. The molecule has 0 atom stereocenters. The van der Waals surface area contributed by atoms with E-state index in [4.69, 9.17) is 10.5 Å². The van der Waals surface area contributed by atoms with Gasteiger partial charge >= 0.3 is 0 Å². The maximum atomic E-state index is 9.10. The summed E-state index contributed by atoms with van der Waals surface area (Å²) < 4.78 is 1.96. The molecule has 4 nitrogen and oxygen atoms in total. The standard InChI is InChI=1S/C13H12N4/c1-13(2,3)17-8-10(6-15)11-4-9(5-14)7-16-12(11)17/h4,7-8H,1-3H3. The highest BCUT2D eigenvalue weighted by Crippen LogP contribution is 2.26. The topological polar surface area (TPSA) is 65.4 Å². The quantitative estimate of drug-likeness (QED) is 0.690. The average Bonchev–Trinajstić information content (AvgIpc) is 2.66. The highest BCUT2D eigenvalue weighted by atomic mass is 15.1. The fraction of sp³-hybridized carbons (Fsp3) is 0.308. The largest absolute Gasteiger partial charge is 0.326 e. The lowest BCUT2D eigenvalue weighted by Crippen LogP contribution is -2.20. The third-order valence-electron chi connectivity index (χ3n) is 2.62. The molecular formula is C13H12N4. The molecule has 0 saturated heterocycles. The molecule has 0 aliphatic heterocycles. The van der Waals surface area contributed by atoms with E-state index in [9.17, 15) is 0 Å². The molecule has 0 amide bonds. The van der Waals surface area contributed by atoms with Crippen LogP contribution in [0.15, 0.2) is 18.5 Å². The van der Waals surface area contributed by atoms with Gasteiger partial charge in [-0.05, 0) is 26.8 Å². The van der Waals surface area contributed by atoms with Gasteiger partial charge in [0.15, 0.2) is 0 Å². The SMILES string of the molecule is CC(C)(C)n1cc(C#N)c2cc(C#N)cnc21. The van der Waals surface area contributed by atoms with Crippen LogP contribution in [0.25, 0.3) is 11.0 Å². The van der Waals surface area contributed by atoms with Crippen LogP contribution in [0, 0.1) is 22.7 Å². The van der Waals surface area contributed by atoms with Gasteiger partial charge in [-0.3, -0.25) is 0 Å². The molecule has 0 saturated carbocycles. The van der Waals surface area contributed by atoms with Crippen molar-refractivity contribution in [2.45, 2.75) is 26.3 Å². The molecule has 4 heteroatoms. The summed E-state index contributed by atoms with van der Waals surface area (Å²) in [5, 5.41) is 18.7. The Morgan fingerprint density at radius 2 is 1.94 bits per heavy atom. The zero-order valence-corrected chi connectivity index (χ0v) is 10.0. The third-order valence-corrected chi connectivity index (χ3v) is 2.62.